The molecule has 9 heteroatoms. The first-order valence-electron chi connectivity index (χ1n) is 7.50. The predicted molar refractivity (Wildman–Crippen MR) is 98.7 cm³/mol. The number of nitrogens with zero attached hydrogens (tertiary/aromatic N) is 1. The van der Waals surface area contributed by atoms with Crippen LogP contribution < -0.4 is 10.9 Å². The lowest BCUT2D eigenvalue weighted by molar-refractivity contribution is -0.117. The molecule has 0 aliphatic carbocycles. The van der Waals surface area contributed by atoms with Gasteiger partial charge in [0.1, 0.15) is 5.69 Å². The molecule has 7 nitrogen and oxygen atoms in total. The lowest BCUT2D eigenvalue weighted by Crippen LogP contribution is -2.14. The highest BCUT2D eigenvalue weighted by Crippen LogP contribution is 2.34. The highest BCUT2D eigenvalue weighted by atomic mass is 35.5. The molecule has 5 N–H and O–H groups in total. The van der Waals surface area contributed by atoms with Gasteiger partial charge in [0.25, 0.3) is 0 Å². The van der Waals surface area contributed by atoms with Crippen LogP contribution in [0.15, 0.2) is 53.4 Å². The zero-order chi connectivity index (χ0) is 18.9. The largest absolute Gasteiger partial charge is 0.369 e. The van der Waals surface area contributed by atoms with Gasteiger partial charge in [-0.1, -0.05) is 35.9 Å². The van der Waals surface area contributed by atoms with Gasteiger partial charge in [-0.2, -0.15) is 5.10 Å². The van der Waals surface area contributed by atoms with Gasteiger partial charge in [-0.25, -0.2) is 13.6 Å². The molecule has 0 saturated heterocycles. The molecule has 1 amide bonds. The van der Waals surface area contributed by atoms with Crippen LogP contribution in [0.4, 0.5) is 0 Å². The van der Waals surface area contributed by atoms with E-state index in [0.29, 0.717) is 27.5 Å². The van der Waals surface area contributed by atoms with Gasteiger partial charge in [-0.05, 0) is 29.8 Å². The average molecular weight is 391 g/mol. The fourth-order valence-corrected chi connectivity index (χ4v) is 3.26. The van der Waals surface area contributed by atoms with E-state index in [-0.39, 0.29) is 11.3 Å². The molecule has 3 aromatic rings. The Balaban J connectivity index is 2.15. The van der Waals surface area contributed by atoms with Crippen molar-refractivity contribution in [2.24, 2.45) is 10.9 Å². The molecule has 0 atom stereocenters. The number of sulfonamides is 1. The summed E-state index contributed by atoms with van der Waals surface area (Å²) in [6.07, 6.45) is -0.0349. The summed E-state index contributed by atoms with van der Waals surface area (Å²) in [5.41, 5.74) is 8.57. The van der Waals surface area contributed by atoms with E-state index in [1.54, 1.807) is 36.4 Å². The van der Waals surface area contributed by atoms with Crippen LogP contribution in [0.3, 0.4) is 0 Å². The SMILES string of the molecule is NC(=O)Cc1[nH]nc(-c2ccc(Cl)cc2)c1-c1ccc(S(N)(=O)=O)cc1. The number of aromatic nitrogens is 2. The van der Waals surface area contributed by atoms with Gasteiger partial charge in [-0.15, -0.1) is 0 Å². The lowest BCUT2D eigenvalue weighted by atomic mass is 9.98. The van der Waals surface area contributed by atoms with Crippen LogP contribution in [-0.4, -0.2) is 24.5 Å². The van der Waals surface area contributed by atoms with Gasteiger partial charge in [0.15, 0.2) is 0 Å². The number of aromatic amines is 1. The van der Waals surface area contributed by atoms with Crippen LogP contribution in [0.1, 0.15) is 5.69 Å². The van der Waals surface area contributed by atoms with Crippen LogP contribution in [0.2, 0.25) is 5.02 Å². The van der Waals surface area contributed by atoms with E-state index in [1.807, 2.05) is 0 Å². The Kier molecular flexibility index (Phi) is 4.82. The molecule has 0 spiro atoms. The van der Waals surface area contributed by atoms with Gasteiger partial charge in [-0.3, -0.25) is 9.89 Å². The van der Waals surface area contributed by atoms with E-state index < -0.39 is 15.9 Å². The minimum absolute atomic E-state index is 0.00533. The van der Waals surface area contributed by atoms with Crippen molar-refractivity contribution in [3.05, 3.63) is 59.2 Å². The molecule has 26 heavy (non-hydrogen) atoms. The van der Waals surface area contributed by atoms with Crippen molar-refractivity contribution in [1.82, 2.24) is 10.2 Å². The highest BCUT2D eigenvalue weighted by molar-refractivity contribution is 7.89. The third kappa shape index (κ3) is 3.77. The Labute approximate surface area is 155 Å². The molecule has 0 unspecified atom stereocenters. The van der Waals surface area contributed by atoms with Gasteiger partial charge in [0.2, 0.25) is 15.9 Å². The molecule has 0 aliphatic heterocycles. The second-order valence-electron chi connectivity index (χ2n) is 5.65. The topological polar surface area (TPSA) is 132 Å². The van der Waals surface area contributed by atoms with E-state index in [0.717, 1.165) is 5.56 Å². The Bertz CT molecular complexity index is 1060. The molecule has 0 saturated carbocycles. The van der Waals surface area contributed by atoms with E-state index in [1.165, 1.54) is 12.1 Å². The van der Waals surface area contributed by atoms with Crippen LogP contribution >= 0.6 is 11.6 Å². The number of benzene rings is 2. The zero-order valence-electron chi connectivity index (χ0n) is 13.4. The first-order valence-corrected chi connectivity index (χ1v) is 9.43. The maximum absolute atomic E-state index is 11.4. The summed E-state index contributed by atoms with van der Waals surface area (Å²) < 4.78 is 22.9. The fourth-order valence-electron chi connectivity index (χ4n) is 2.62. The molecule has 3 rings (SSSR count). The smallest absolute Gasteiger partial charge is 0.238 e. The first kappa shape index (κ1) is 18.1. The van der Waals surface area contributed by atoms with Crippen molar-refractivity contribution in [1.29, 1.82) is 0 Å². The summed E-state index contributed by atoms with van der Waals surface area (Å²) in [4.78, 5) is 11.4. The second kappa shape index (κ2) is 6.91. The summed E-state index contributed by atoms with van der Waals surface area (Å²) in [5, 5.41) is 12.9. The Morgan fingerprint density at radius 1 is 1.04 bits per heavy atom. The number of primary sulfonamides is 1. The summed E-state index contributed by atoms with van der Waals surface area (Å²) in [6, 6.07) is 13.1. The van der Waals surface area contributed by atoms with Crippen LogP contribution in [0.5, 0.6) is 0 Å². The number of nitrogens with one attached hydrogen (secondary N) is 1. The third-order valence-electron chi connectivity index (χ3n) is 3.78. The molecule has 1 heterocycles. The maximum atomic E-state index is 11.4. The molecular formula is C17H15ClN4O3S. The van der Waals surface area contributed by atoms with Gasteiger partial charge >= 0.3 is 0 Å². The van der Waals surface area contributed by atoms with E-state index >= 15 is 0 Å². The highest BCUT2D eigenvalue weighted by Gasteiger charge is 2.19. The minimum Gasteiger partial charge on any atom is -0.369 e. The Hall–Kier alpha value is -2.68. The van der Waals surface area contributed by atoms with Crippen molar-refractivity contribution in [2.75, 3.05) is 0 Å². The molecule has 2 aromatic carbocycles. The molecule has 1 aromatic heterocycles. The number of carbonyl (C=O) groups is 1. The molecule has 0 bridgehead atoms. The number of amides is 1. The third-order valence-corrected chi connectivity index (χ3v) is 4.96. The van der Waals surface area contributed by atoms with Crippen molar-refractivity contribution in [2.45, 2.75) is 11.3 Å². The number of primary amides is 1. The molecule has 0 fully saturated rings. The number of halogens is 1. The van der Waals surface area contributed by atoms with Gasteiger partial charge in [0, 0.05) is 16.1 Å². The summed E-state index contributed by atoms with van der Waals surface area (Å²) in [6.45, 7) is 0. The van der Waals surface area contributed by atoms with E-state index in [4.69, 9.17) is 22.5 Å². The first-order chi connectivity index (χ1) is 12.3. The molecule has 0 radical (unpaired) electrons. The Morgan fingerprint density at radius 2 is 1.62 bits per heavy atom. The number of rotatable bonds is 5. The van der Waals surface area contributed by atoms with Crippen molar-refractivity contribution >= 4 is 27.5 Å². The number of hydrogen-bond donors (Lipinski definition) is 3. The van der Waals surface area contributed by atoms with E-state index in [2.05, 4.69) is 10.2 Å². The van der Waals surface area contributed by atoms with Crippen LogP contribution in [0.25, 0.3) is 22.4 Å². The number of carbonyl (C=O) groups excluding carboxylic acids is 1. The van der Waals surface area contributed by atoms with Crippen LogP contribution in [-0.2, 0) is 21.2 Å². The summed E-state index contributed by atoms with van der Waals surface area (Å²) in [5.74, 6) is -0.515. The number of nitrogens with two attached hydrogens (primary N) is 2. The van der Waals surface area contributed by atoms with Gasteiger partial charge in [0.05, 0.1) is 17.0 Å². The maximum Gasteiger partial charge on any atom is 0.238 e. The lowest BCUT2D eigenvalue weighted by Gasteiger charge is -2.07. The quantitative estimate of drug-likeness (QED) is 0.615. The van der Waals surface area contributed by atoms with E-state index in [9.17, 15) is 13.2 Å². The Morgan fingerprint density at radius 3 is 2.15 bits per heavy atom. The van der Waals surface area contributed by atoms with Crippen molar-refractivity contribution in [3.63, 3.8) is 0 Å². The number of H-pyrrole nitrogens is 1. The average Bonchev–Trinajstić information content (AvgIpc) is 2.97. The minimum atomic E-state index is -3.80. The molecular weight excluding hydrogens is 376 g/mol. The predicted octanol–water partition coefficient (Wildman–Crippen LogP) is 2.07. The summed E-state index contributed by atoms with van der Waals surface area (Å²) >= 11 is 5.93. The standard InChI is InChI=1S/C17H15ClN4O3S/c18-12-5-1-11(2-6-12)17-16(14(21-22-17)9-15(19)23)10-3-7-13(8-4-10)26(20,24)25/h1-8H,9H2,(H2,19,23)(H,21,22)(H2,20,24,25). The molecule has 134 valence electrons. The van der Waals surface area contributed by atoms with Crippen molar-refractivity contribution < 1.29 is 13.2 Å². The normalized spacial score (nSPS) is 11.5. The fraction of sp³-hybridized carbons (Fsp3) is 0.0588. The monoisotopic (exact) mass is 390 g/mol. The number of hydrogen-bond acceptors (Lipinski definition) is 4. The van der Waals surface area contributed by atoms with Crippen molar-refractivity contribution in [3.8, 4) is 22.4 Å². The zero-order valence-corrected chi connectivity index (χ0v) is 15.0. The van der Waals surface area contributed by atoms with Crippen LogP contribution in [0, 0.1) is 0 Å². The van der Waals surface area contributed by atoms with Gasteiger partial charge < -0.3 is 5.73 Å². The summed E-state index contributed by atoms with van der Waals surface area (Å²) in [7, 11) is -3.80. The molecule has 0 aliphatic rings. The second-order valence-corrected chi connectivity index (χ2v) is 7.64.